The molecule has 2 unspecified atom stereocenters. The Labute approximate surface area is 124 Å². The van der Waals surface area contributed by atoms with Gasteiger partial charge < -0.3 is 20.7 Å². The predicted octanol–water partition coefficient (Wildman–Crippen LogP) is 0.291. The van der Waals surface area contributed by atoms with Gasteiger partial charge in [-0.1, -0.05) is 18.2 Å². The van der Waals surface area contributed by atoms with Crippen molar-refractivity contribution >= 4 is 17.5 Å². The molecule has 0 spiro atoms. The summed E-state index contributed by atoms with van der Waals surface area (Å²) in [4.78, 5) is 24.0. The lowest BCUT2D eigenvalue weighted by molar-refractivity contribution is -0.129. The van der Waals surface area contributed by atoms with Crippen molar-refractivity contribution in [3.63, 3.8) is 0 Å². The van der Waals surface area contributed by atoms with Crippen LogP contribution in [0, 0.1) is 0 Å². The number of ether oxygens (including phenoxy) is 1. The van der Waals surface area contributed by atoms with Crippen molar-refractivity contribution < 1.29 is 14.3 Å². The van der Waals surface area contributed by atoms with Crippen molar-refractivity contribution in [2.45, 2.75) is 25.4 Å². The highest BCUT2D eigenvalue weighted by atomic mass is 16.5. The van der Waals surface area contributed by atoms with Crippen LogP contribution in [-0.2, 0) is 20.7 Å². The molecule has 0 aliphatic carbocycles. The van der Waals surface area contributed by atoms with Crippen LogP contribution in [0.15, 0.2) is 24.3 Å². The number of nitrogens with one attached hydrogen (secondary N) is 3. The number of fused-ring (bicyclic) bond motifs is 1. The Balaban J connectivity index is 1.81. The molecule has 0 saturated carbocycles. The topological polar surface area (TPSA) is 79.5 Å². The first-order valence-electron chi connectivity index (χ1n) is 7.03. The maximum Gasteiger partial charge on any atom is 0.243 e. The predicted molar refractivity (Wildman–Crippen MR) is 80.0 cm³/mol. The second kappa shape index (κ2) is 7.08. The lowest BCUT2D eigenvalue weighted by Crippen LogP contribution is -2.49. The summed E-state index contributed by atoms with van der Waals surface area (Å²) in [6.45, 7) is 2.55. The van der Waals surface area contributed by atoms with Gasteiger partial charge in [0.15, 0.2) is 0 Å². The van der Waals surface area contributed by atoms with Crippen LogP contribution < -0.4 is 16.0 Å². The van der Waals surface area contributed by atoms with Crippen molar-refractivity contribution in [1.29, 1.82) is 0 Å². The molecule has 2 rings (SSSR count). The second-order valence-corrected chi connectivity index (χ2v) is 5.07. The minimum Gasteiger partial charge on any atom is -0.383 e. The van der Waals surface area contributed by atoms with Crippen LogP contribution in [0.5, 0.6) is 0 Å². The van der Waals surface area contributed by atoms with Gasteiger partial charge in [-0.2, -0.15) is 0 Å². The van der Waals surface area contributed by atoms with Gasteiger partial charge in [-0.25, -0.2) is 0 Å². The summed E-state index contributed by atoms with van der Waals surface area (Å²) in [7, 11) is 1.57. The van der Waals surface area contributed by atoms with Gasteiger partial charge in [0.05, 0.1) is 6.61 Å². The van der Waals surface area contributed by atoms with Crippen molar-refractivity contribution in [3.8, 4) is 0 Å². The van der Waals surface area contributed by atoms with Crippen LogP contribution >= 0.6 is 0 Å². The fraction of sp³-hybridized carbons (Fsp3) is 0.467. The number of amides is 2. The molecule has 3 N–H and O–H groups in total. The van der Waals surface area contributed by atoms with E-state index in [0.717, 1.165) is 11.3 Å². The van der Waals surface area contributed by atoms with Gasteiger partial charge in [-0.05, 0) is 18.6 Å². The third kappa shape index (κ3) is 3.95. The molecular formula is C15H21N3O3. The molecule has 114 valence electrons. The number of carbonyl (C=O) groups excluding carboxylic acids is 2. The zero-order valence-electron chi connectivity index (χ0n) is 12.3. The highest BCUT2D eigenvalue weighted by Gasteiger charge is 2.28. The highest BCUT2D eigenvalue weighted by molar-refractivity contribution is 5.92. The largest absolute Gasteiger partial charge is 0.383 e. The monoisotopic (exact) mass is 291 g/mol. The van der Waals surface area contributed by atoms with E-state index in [9.17, 15) is 9.59 Å². The Morgan fingerprint density at radius 2 is 2.19 bits per heavy atom. The average Bonchev–Trinajstić information content (AvgIpc) is 2.91. The van der Waals surface area contributed by atoms with Gasteiger partial charge >= 0.3 is 0 Å². The van der Waals surface area contributed by atoms with Crippen LogP contribution in [0.25, 0.3) is 0 Å². The van der Waals surface area contributed by atoms with E-state index in [2.05, 4.69) is 16.0 Å². The zero-order valence-corrected chi connectivity index (χ0v) is 12.3. The number of anilines is 1. The summed E-state index contributed by atoms with van der Waals surface area (Å²) in [5.41, 5.74) is 2.10. The maximum absolute atomic E-state index is 12.2. The molecule has 0 saturated heterocycles. The quantitative estimate of drug-likeness (QED) is 0.658. The summed E-state index contributed by atoms with van der Waals surface area (Å²) in [5.74, 6) is -0.378. The van der Waals surface area contributed by atoms with Gasteiger partial charge in [0.2, 0.25) is 11.8 Å². The van der Waals surface area contributed by atoms with E-state index >= 15 is 0 Å². The fourth-order valence-corrected chi connectivity index (χ4v) is 2.26. The second-order valence-electron chi connectivity index (χ2n) is 5.07. The summed E-state index contributed by atoms with van der Waals surface area (Å²) in [6.07, 6.45) is 0.639. The van der Waals surface area contributed by atoms with E-state index < -0.39 is 6.04 Å². The molecule has 1 heterocycles. The smallest absolute Gasteiger partial charge is 0.243 e. The Morgan fingerprint density at radius 1 is 1.43 bits per heavy atom. The van der Waals surface area contributed by atoms with Gasteiger partial charge in [-0.3, -0.25) is 9.59 Å². The molecule has 1 aliphatic heterocycles. The molecule has 2 amide bonds. The third-order valence-electron chi connectivity index (χ3n) is 3.45. The van der Waals surface area contributed by atoms with Crippen LogP contribution in [-0.4, -0.2) is 44.2 Å². The summed E-state index contributed by atoms with van der Waals surface area (Å²) in [5, 5.41) is 8.59. The summed E-state index contributed by atoms with van der Waals surface area (Å²) >= 11 is 0. The van der Waals surface area contributed by atoms with E-state index in [1.54, 1.807) is 14.0 Å². The zero-order chi connectivity index (χ0) is 15.2. The van der Waals surface area contributed by atoms with Crippen molar-refractivity contribution in [2.75, 3.05) is 25.6 Å². The first-order valence-corrected chi connectivity index (χ1v) is 7.03. The Bertz CT molecular complexity index is 494. The lowest BCUT2D eigenvalue weighted by Gasteiger charge is -2.17. The first kappa shape index (κ1) is 15.3. The SMILES string of the molecule is COCCNC(=O)C(C)NC(=O)C1Cc2ccccc2N1. The van der Waals surface area contributed by atoms with Crippen LogP contribution in [0.2, 0.25) is 0 Å². The number of carbonyl (C=O) groups is 2. The molecule has 1 aliphatic rings. The van der Waals surface area contributed by atoms with Gasteiger partial charge in [-0.15, -0.1) is 0 Å². The van der Waals surface area contributed by atoms with E-state index in [1.165, 1.54) is 0 Å². The molecule has 0 radical (unpaired) electrons. The molecule has 2 atom stereocenters. The highest BCUT2D eigenvalue weighted by Crippen LogP contribution is 2.25. The molecular weight excluding hydrogens is 270 g/mol. The van der Waals surface area contributed by atoms with Gasteiger partial charge in [0.1, 0.15) is 12.1 Å². The number of para-hydroxylation sites is 1. The van der Waals surface area contributed by atoms with Gasteiger partial charge in [0.25, 0.3) is 0 Å². The number of hydrogen-bond acceptors (Lipinski definition) is 4. The van der Waals surface area contributed by atoms with E-state index in [4.69, 9.17) is 4.74 Å². The molecule has 6 nitrogen and oxygen atoms in total. The molecule has 0 aromatic heterocycles. The minimum atomic E-state index is -0.570. The van der Waals surface area contributed by atoms with Crippen LogP contribution in [0.3, 0.4) is 0 Å². The average molecular weight is 291 g/mol. The third-order valence-corrected chi connectivity index (χ3v) is 3.45. The Kier molecular flexibility index (Phi) is 5.16. The lowest BCUT2D eigenvalue weighted by atomic mass is 10.1. The molecule has 1 aromatic carbocycles. The van der Waals surface area contributed by atoms with Crippen molar-refractivity contribution in [2.24, 2.45) is 0 Å². The standard InChI is InChI=1S/C15H21N3O3/c1-10(14(19)16-7-8-21-2)17-15(20)13-9-11-5-3-4-6-12(11)18-13/h3-6,10,13,18H,7-9H2,1-2H3,(H,16,19)(H,17,20). The molecule has 1 aromatic rings. The number of hydrogen-bond donors (Lipinski definition) is 3. The minimum absolute atomic E-state index is 0.166. The maximum atomic E-state index is 12.2. The molecule has 21 heavy (non-hydrogen) atoms. The van der Waals surface area contributed by atoms with E-state index in [1.807, 2.05) is 24.3 Å². The first-order chi connectivity index (χ1) is 10.1. The summed E-state index contributed by atoms with van der Waals surface area (Å²) in [6, 6.07) is 6.93. The molecule has 0 fully saturated rings. The van der Waals surface area contributed by atoms with Gasteiger partial charge in [0, 0.05) is 25.8 Å². The Hall–Kier alpha value is -2.08. The van der Waals surface area contributed by atoms with Crippen molar-refractivity contribution in [1.82, 2.24) is 10.6 Å². The van der Waals surface area contributed by atoms with Crippen LogP contribution in [0.1, 0.15) is 12.5 Å². The number of methoxy groups -OCH3 is 1. The Morgan fingerprint density at radius 3 is 2.90 bits per heavy atom. The van der Waals surface area contributed by atoms with Crippen LogP contribution in [0.4, 0.5) is 5.69 Å². The van der Waals surface area contributed by atoms with E-state index in [-0.39, 0.29) is 17.9 Å². The van der Waals surface area contributed by atoms with Crippen molar-refractivity contribution in [3.05, 3.63) is 29.8 Å². The normalized spacial score (nSPS) is 17.5. The molecule has 0 bridgehead atoms. The number of benzene rings is 1. The molecule has 6 heteroatoms. The summed E-state index contributed by atoms with van der Waals surface area (Å²) < 4.78 is 4.86. The number of rotatable bonds is 6. The fourth-order valence-electron chi connectivity index (χ4n) is 2.26. The van der Waals surface area contributed by atoms with E-state index in [0.29, 0.717) is 19.6 Å².